The van der Waals surface area contributed by atoms with E-state index in [4.69, 9.17) is 5.73 Å². The van der Waals surface area contributed by atoms with Gasteiger partial charge in [0.1, 0.15) is 5.82 Å². The van der Waals surface area contributed by atoms with Crippen LogP contribution >= 0.6 is 0 Å². The predicted octanol–water partition coefficient (Wildman–Crippen LogP) is 1.64. The molecule has 17 heavy (non-hydrogen) atoms. The summed E-state index contributed by atoms with van der Waals surface area (Å²) in [6.07, 6.45) is 0. The third-order valence-corrected chi connectivity index (χ3v) is 3.07. The Morgan fingerprint density at radius 2 is 2.18 bits per heavy atom. The number of rotatable bonds is 1. The van der Waals surface area contributed by atoms with E-state index in [0.29, 0.717) is 13.1 Å². The number of nitrogens with one attached hydrogen (secondary N) is 1. The second-order valence-corrected chi connectivity index (χ2v) is 4.46. The molecule has 0 bridgehead atoms. The quantitative estimate of drug-likeness (QED) is 0.780. The highest BCUT2D eigenvalue weighted by Gasteiger charge is 2.29. The minimum atomic E-state index is -0.433. The highest BCUT2D eigenvalue weighted by atomic mass is 19.1. The molecule has 1 saturated heterocycles. The normalized spacial score (nSPS) is 23.8. The lowest BCUT2D eigenvalue weighted by atomic mass is 10.1. The Labute approximate surface area is 99.6 Å². The molecule has 0 spiro atoms. The molecule has 5 heteroatoms. The third-order valence-electron chi connectivity index (χ3n) is 3.07. The lowest BCUT2D eigenvalue weighted by Crippen LogP contribution is -2.35. The summed E-state index contributed by atoms with van der Waals surface area (Å²) in [7, 11) is 0. The zero-order valence-electron chi connectivity index (χ0n) is 9.69. The molecule has 0 aliphatic carbocycles. The van der Waals surface area contributed by atoms with Crippen LogP contribution in [-0.4, -0.2) is 30.1 Å². The molecule has 0 radical (unpaired) electrons. The topological polar surface area (TPSA) is 58.4 Å². The lowest BCUT2D eigenvalue weighted by Gasteiger charge is -2.17. The number of para-hydroxylation sites is 1. The first-order chi connectivity index (χ1) is 8.08. The number of hydrogen-bond acceptors (Lipinski definition) is 2. The van der Waals surface area contributed by atoms with E-state index < -0.39 is 5.82 Å². The molecule has 1 aliphatic rings. The van der Waals surface area contributed by atoms with Crippen LogP contribution in [0.1, 0.15) is 6.92 Å². The van der Waals surface area contributed by atoms with Crippen LogP contribution in [0.4, 0.5) is 14.9 Å². The van der Waals surface area contributed by atoms with Crippen LogP contribution in [0.5, 0.6) is 0 Å². The fourth-order valence-electron chi connectivity index (χ4n) is 1.91. The van der Waals surface area contributed by atoms with Crippen LogP contribution in [-0.2, 0) is 0 Å². The Kier molecular flexibility index (Phi) is 3.28. The Morgan fingerprint density at radius 1 is 1.47 bits per heavy atom. The van der Waals surface area contributed by atoms with Gasteiger partial charge in [-0.15, -0.1) is 0 Å². The number of nitrogens with zero attached hydrogens (tertiary/aromatic N) is 1. The lowest BCUT2D eigenvalue weighted by molar-refractivity contribution is 0.221. The molecule has 1 aliphatic heterocycles. The van der Waals surface area contributed by atoms with Crippen LogP contribution in [0.25, 0.3) is 0 Å². The Hall–Kier alpha value is -1.62. The molecule has 2 unspecified atom stereocenters. The van der Waals surface area contributed by atoms with Crippen LogP contribution in [0.2, 0.25) is 0 Å². The van der Waals surface area contributed by atoms with Gasteiger partial charge in [-0.25, -0.2) is 9.18 Å². The summed E-state index contributed by atoms with van der Waals surface area (Å²) in [5, 5.41) is 2.55. The van der Waals surface area contributed by atoms with Gasteiger partial charge in [-0.1, -0.05) is 19.1 Å². The van der Waals surface area contributed by atoms with Crippen LogP contribution in [0, 0.1) is 11.7 Å². The number of benzene rings is 1. The van der Waals surface area contributed by atoms with Gasteiger partial charge in [0, 0.05) is 19.1 Å². The summed E-state index contributed by atoms with van der Waals surface area (Å²) < 4.78 is 13.3. The van der Waals surface area contributed by atoms with Crippen molar-refractivity contribution in [3.8, 4) is 0 Å². The van der Waals surface area contributed by atoms with Gasteiger partial charge in [0.05, 0.1) is 5.69 Å². The highest BCUT2D eigenvalue weighted by molar-refractivity contribution is 5.89. The number of nitrogens with two attached hydrogens (primary N) is 1. The Balaban J connectivity index is 2.01. The van der Waals surface area contributed by atoms with E-state index in [2.05, 4.69) is 5.32 Å². The van der Waals surface area contributed by atoms with Gasteiger partial charge in [-0.2, -0.15) is 0 Å². The maximum atomic E-state index is 13.3. The monoisotopic (exact) mass is 237 g/mol. The second-order valence-electron chi connectivity index (χ2n) is 4.46. The van der Waals surface area contributed by atoms with Crippen molar-refractivity contribution in [1.82, 2.24) is 4.90 Å². The van der Waals surface area contributed by atoms with E-state index in [1.54, 1.807) is 17.0 Å². The number of halogens is 1. The first-order valence-electron chi connectivity index (χ1n) is 5.64. The SMILES string of the molecule is CC1CN(C(=O)Nc2ccccc2F)CC1N. The number of urea groups is 1. The zero-order valence-corrected chi connectivity index (χ0v) is 9.69. The van der Waals surface area contributed by atoms with Crippen molar-refractivity contribution < 1.29 is 9.18 Å². The first-order valence-corrected chi connectivity index (χ1v) is 5.64. The van der Waals surface area contributed by atoms with E-state index in [9.17, 15) is 9.18 Å². The van der Waals surface area contributed by atoms with E-state index in [1.165, 1.54) is 12.1 Å². The maximum Gasteiger partial charge on any atom is 0.321 e. The molecule has 1 heterocycles. The minimum Gasteiger partial charge on any atom is -0.326 e. The number of amides is 2. The van der Waals surface area contributed by atoms with Crippen molar-refractivity contribution in [3.05, 3.63) is 30.1 Å². The summed E-state index contributed by atoms with van der Waals surface area (Å²) >= 11 is 0. The third kappa shape index (κ3) is 2.55. The van der Waals surface area contributed by atoms with Crippen molar-refractivity contribution in [1.29, 1.82) is 0 Å². The molecule has 2 atom stereocenters. The first kappa shape index (κ1) is 11.9. The van der Waals surface area contributed by atoms with Crippen molar-refractivity contribution in [2.45, 2.75) is 13.0 Å². The van der Waals surface area contributed by atoms with E-state index in [1.807, 2.05) is 6.92 Å². The van der Waals surface area contributed by atoms with Gasteiger partial charge in [0.25, 0.3) is 0 Å². The number of carbonyl (C=O) groups excluding carboxylic acids is 1. The van der Waals surface area contributed by atoms with Crippen molar-refractivity contribution >= 4 is 11.7 Å². The molecule has 2 rings (SSSR count). The summed E-state index contributed by atoms with van der Waals surface area (Å²) in [6, 6.07) is 5.81. The van der Waals surface area contributed by atoms with Crippen molar-refractivity contribution in [2.24, 2.45) is 11.7 Å². The summed E-state index contributed by atoms with van der Waals surface area (Å²) in [4.78, 5) is 13.5. The van der Waals surface area contributed by atoms with Crippen molar-refractivity contribution in [2.75, 3.05) is 18.4 Å². The number of hydrogen-bond donors (Lipinski definition) is 2. The smallest absolute Gasteiger partial charge is 0.321 e. The van der Waals surface area contributed by atoms with E-state index in [-0.39, 0.29) is 23.7 Å². The largest absolute Gasteiger partial charge is 0.326 e. The average molecular weight is 237 g/mol. The van der Waals surface area contributed by atoms with E-state index >= 15 is 0 Å². The summed E-state index contributed by atoms with van der Waals surface area (Å²) in [5.41, 5.74) is 6.03. The highest BCUT2D eigenvalue weighted by Crippen LogP contribution is 2.17. The van der Waals surface area contributed by atoms with Gasteiger partial charge in [-0.3, -0.25) is 0 Å². The molecule has 3 N–H and O–H groups in total. The molecule has 92 valence electrons. The Bertz CT molecular complexity index is 414. The molecule has 0 saturated carbocycles. The molecule has 0 aromatic heterocycles. The van der Waals surface area contributed by atoms with Crippen LogP contribution < -0.4 is 11.1 Å². The molecule has 1 aromatic carbocycles. The fourth-order valence-corrected chi connectivity index (χ4v) is 1.91. The number of carbonyl (C=O) groups is 1. The molecular weight excluding hydrogens is 221 g/mol. The predicted molar refractivity (Wildman–Crippen MR) is 64.1 cm³/mol. The minimum absolute atomic E-state index is 0.00127. The molecule has 1 fully saturated rings. The number of likely N-dealkylation sites (tertiary alicyclic amines) is 1. The van der Waals surface area contributed by atoms with Gasteiger partial charge in [0.15, 0.2) is 0 Å². The van der Waals surface area contributed by atoms with Crippen molar-refractivity contribution in [3.63, 3.8) is 0 Å². The maximum absolute atomic E-state index is 13.3. The fraction of sp³-hybridized carbons (Fsp3) is 0.417. The van der Waals surface area contributed by atoms with Gasteiger partial charge in [0.2, 0.25) is 0 Å². The second kappa shape index (κ2) is 4.71. The standard InChI is InChI=1S/C12H16FN3O/c1-8-6-16(7-10(8)14)12(17)15-11-5-3-2-4-9(11)13/h2-5,8,10H,6-7,14H2,1H3,(H,15,17). The van der Waals surface area contributed by atoms with Crippen LogP contribution in [0.15, 0.2) is 24.3 Å². The zero-order chi connectivity index (χ0) is 12.4. The number of anilines is 1. The van der Waals surface area contributed by atoms with E-state index in [0.717, 1.165) is 0 Å². The molecule has 2 amide bonds. The molecule has 1 aromatic rings. The van der Waals surface area contributed by atoms with Gasteiger partial charge >= 0.3 is 6.03 Å². The summed E-state index contributed by atoms with van der Waals surface area (Å²) in [5.74, 6) is -0.154. The molecule has 4 nitrogen and oxygen atoms in total. The van der Waals surface area contributed by atoms with Gasteiger partial charge in [-0.05, 0) is 18.1 Å². The average Bonchev–Trinajstić information content (AvgIpc) is 2.63. The summed E-state index contributed by atoms with van der Waals surface area (Å²) in [6.45, 7) is 3.13. The Morgan fingerprint density at radius 3 is 2.76 bits per heavy atom. The molecular formula is C12H16FN3O. The van der Waals surface area contributed by atoms with Gasteiger partial charge < -0.3 is 16.0 Å². The van der Waals surface area contributed by atoms with Crippen LogP contribution in [0.3, 0.4) is 0 Å².